The lowest BCUT2D eigenvalue weighted by molar-refractivity contribution is -0.138. The smallest absolute Gasteiger partial charge is 0.381 e. The van der Waals surface area contributed by atoms with Gasteiger partial charge in [0.2, 0.25) is 0 Å². The largest absolute Gasteiger partial charge is 0.418 e. The molecule has 3 aliphatic rings. The fourth-order valence-corrected chi connectivity index (χ4v) is 5.30. The average Bonchev–Trinajstić information content (AvgIpc) is 3.21. The first-order chi connectivity index (χ1) is 16.3. The van der Waals surface area contributed by atoms with Crippen LogP contribution in [0.3, 0.4) is 0 Å². The van der Waals surface area contributed by atoms with Crippen LogP contribution < -0.4 is 10.2 Å². The highest BCUT2D eigenvalue weighted by atomic mass is 19.4. The predicted molar refractivity (Wildman–Crippen MR) is 119 cm³/mol. The fourth-order valence-electron chi connectivity index (χ4n) is 5.30. The summed E-state index contributed by atoms with van der Waals surface area (Å²) in [6, 6.07) is 1.22. The van der Waals surface area contributed by atoms with Crippen LogP contribution in [0.1, 0.15) is 53.5 Å². The van der Waals surface area contributed by atoms with Crippen molar-refractivity contribution in [3.05, 3.63) is 34.3 Å². The number of aryl methyl sites for hydroxylation is 2. The standard InChI is InChI=1S/C23H29F3N6O2/c1-14-17(23(24,25)26)12-20-18(28-14)4-3-8-31(20)21-16-13-30(22(33)27-2)9-5-19(16)32(29-21)15-6-10-34-11-7-15/h12,15H,3-11,13H2,1-2H3,(H,27,33). The number of carbonyl (C=O) groups excluding carboxylic acids is 1. The van der Waals surface area contributed by atoms with E-state index in [2.05, 4.69) is 15.0 Å². The Morgan fingerprint density at radius 1 is 1.21 bits per heavy atom. The first-order valence-electron chi connectivity index (χ1n) is 11.8. The topological polar surface area (TPSA) is 75.5 Å². The number of hydrogen-bond acceptors (Lipinski definition) is 5. The van der Waals surface area contributed by atoms with Gasteiger partial charge in [-0.15, -0.1) is 0 Å². The molecule has 5 rings (SSSR count). The van der Waals surface area contributed by atoms with Gasteiger partial charge in [0.05, 0.1) is 29.5 Å². The van der Waals surface area contributed by atoms with Gasteiger partial charge in [-0.3, -0.25) is 9.67 Å². The van der Waals surface area contributed by atoms with Crippen LogP contribution in [0, 0.1) is 6.92 Å². The number of aromatic nitrogens is 3. The molecular formula is C23H29F3N6O2. The number of halogens is 3. The molecule has 2 aromatic rings. The second kappa shape index (κ2) is 8.75. The number of alkyl halides is 3. The molecule has 2 amide bonds. The summed E-state index contributed by atoms with van der Waals surface area (Å²) in [5.41, 5.74) is 2.36. The van der Waals surface area contributed by atoms with Crippen LogP contribution in [0.4, 0.5) is 29.5 Å². The van der Waals surface area contributed by atoms with Crippen LogP contribution in [0.25, 0.3) is 0 Å². The van der Waals surface area contributed by atoms with Gasteiger partial charge in [-0.25, -0.2) is 4.79 Å². The number of urea groups is 1. The van der Waals surface area contributed by atoms with Crippen LogP contribution >= 0.6 is 0 Å². The zero-order chi connectivity index (χ0) is 24.0. The molecule has 0 radical (unpaired) electrons. The predicted octanol–water partition coefficient (Wildman–Crippen LogP) is 3.74. The van der Waals surface area contributed by atoms with E-state index in [0.29, 0.717) is 62.9 Å². The fraction of sp³-hybridized carbons (Fsp3) is 0.609. The number of ether oxygens (including phenoxy) is 1. The minimum Gasteiger partial charge on any atom is -0.381 e. The number of fused-ring (bicyclic) bond motifs is 2. The Balaban J connectivity index is 1.62. The maximum Gasteiger partial charge on any atom is 0.418 e. The lowest BCUT2D eigenvalue weighted by Gasteiger charge is -2.33. The molecule has 184 valence electrons. The Kier molecular flexibility index (Phi) is 5.91. The molecule has 0 saturated carbocycles. The monoisotopic (exact) mass is 478 g/mol. The number of amides is 2. The average molecular weight is 479 g/mol. The molecule has 0 aliphatic carbocycles. The molecule has 0 unspecified atom stereocenters. The molecule has 1 N–H and O–H groups in total. The van der Waals surface area contributed by atoms with Crippen LogP contribution in [0.15, 0.2) is 6.07 Å². The van der Waals surface area contributed by atoms with Crippen molar-refractivity contribution in [3.63, 3.8) is 0 Å². The Hall–Kier alpha value is -2.82. The summed E-state index contributed by atoms with van der Waals surface area (Å²) in [4.78, 5) is 20.3. The quantitative estimate of drug-likeness (QED) is 0.712. The molecule has 8 nitrogen and oxygen atoms in total. The van der Waals surface area contributed by atoms with E-state index >= 15 is 0 Å². The van der Waals surface area contributed by atoms with Crippen molar-refractivity contribution in [3.8, 4) is 0 Å². The van der Waals surface area contributed by atoms with Crippen molar-refractivity contribution in [2.45, 2.75) is 57.8 Å². The van der Waals surface area contributed by atoms with Crippen molar-refractivity contribution in [2.75, 3.05) is 38.3 Å². The molecular weight excluding hydrogens is 449 g/mol. The van der Waals surface area contributed by atoms with Gasteiger partial charge in [0.1, 0.15) is 0 Å². The SMILES string of the molecule is CNC(=O)N1CCc2c(c(N3CCCc4nc(C)c(C(F)(F)F)cc43)nn2C2CCOCC2)C1. The molecule has 0 bridgehead atoms. The maximum atomic E-state index is 13.7. The Morgan fingerprint density at radius 3 is 2.68 bits per heavy atom. The van der Waals surface area contributed by atoms with Gasteiger partial charge in [-0.05, 0) is 38.7 Å². The molecule has 2 aromatic heterocycles. The molecule has 1 saturated heterocycles. The highest BCUT2D eigenvalue weighted by molar-refractivity contribution is 5.75. The van der Waals surface area contributed by atoms with Crippen molar-refractivity contribution >= 4 is 17.5 Å². The van der Waals surface area contributed by atoms with Gasteiger partial charge < -0.3 is 19.9 Å². The highest BCUT2D eigenvalue weighted by Gasteiger charge is 2.37. The summed E-state index contributed by atoms with van der Waals surface area (Å²) >= 11 is 0. The van der Waals surface area contributed by atoms with Gasteiger partial charge in [0, 0.05) is 56.7 Å². The molecule has 0 spiro atoms. The number of pyridine rings is 1. The molecule has 5 heterocycles. The zero-order valence-corrected chi connectivity index (χ0v) is 19.4. The number of nitrogens with zero attached hydrogens (tertiary/aromatic N) is 5. The zero-order valence-electron chi connectivity index (χ0n) is 19.4. The van der Waals surface area contributed by atoms with E-state index < -0.39 is 11.7 Å². The van der Waals surface area contributed by atoms with Crippen LogP contribution in [0.2, 0.25) is 0 Å². The normalized spacial score (nSPS) is 19.1. The van der Waals surface area contributed by atoms with Crippen LogP contribution in [-0.2, 0) is 30.3 Å². The molecule has 0 aromatic carbocycles. The molecule has 1 fully saturated rings. The first kappa shape index (κ1) is 22.9. The lowest BCUT2D eigenvalue weighted by Crippen LogP contribution is -2.42. The summed E-state index contributed by atoms with van der Waals surface area (Å²) in [6.45, 7) is 4.20. The number of nitrogens with one attached hydrogen (secondary N) is 1. The van der Waals surface area contributed by atoms with Crippen molar-refractivity contribution < 1.29 is 22.7 Å². The maximum absolute atomic E-state index is 13.7. The summed E-state index contributed by atoms with van der Waals surface area (Å²) in [7, 11) is 1.60. The summed E-state index contributed by atoms with van der Waals surface area (Å²) in [5.74, 6) is 0.634. The third kappa shape index (κ3) is 3.99. The molecule has 11 heteroatoms. The highest BCUT2D eigenvalue weighted by Crippen LogP contribution is 2.42. The van der Waals surface area contributed by atoms with Gasteiger partial charge in [0.25, 0.3) is 0 Å². The summed E-state index contributed by atoms with van der Waals surface area (Å²) in [6.07, 6.45) is -0.772. The lowest BCUT2D eigenvalue weighted by atomic mass is 10.0. The van der Waals surface area contributed by atoms with Gasteiger partial charge in [0.15, 0.2) is 5.82 Å². The van der Waals surface area contributed by atoms with Crippen molar-refractivity contribution in [2.24, 2.45) is 0 Å². The van der Waals surface area contributed by atoms with E-state index in [1.54, 1.807) is 11.9 Å². The number of anilines is 2. The third-order valence-electron chi connectivity index (χ3n) is 7.02. The summed E-state index contributed by atoms with van der Waals surface area (Å²) < 4.78 is 48.7. The third-order valence-corrected chi connectivity index (χ3v) is 7.02. The molecule has 3 aliphatic heterocycles. The van der Waals surface area contributed by atoms with Gasteiger partial charge >= 0.3 is 12.2 Å². The van der Waals surface area contributed by atoms with E-state index in [-0.39, 0.29) is 17.8 Å². The van der Waals surface area contributed by atoms with E-state index in [0.717, 1.165) is 30.5 Å². The molecule has 0 atom stereocenters. The molecule has 34 heavy (non-hydrogen) atoms. The van der Waals surface area contributed by atoms with E-state index in [1.165, 1.54) is 13.0 Å². The van der Waals surface area contributed by atoms with Crippen LogP contribution in [-0.4, -0.2) is 59.0 Å². The number of rotatable bonds is 2. The summed E-state index contributed by atoms with van der Waals surface area (Å²) in [5, 5.41) is 7.67. The van der Waals surface area contributed by atoms with Gasteiger partial charge in [-0.2, -0.15) is 18.3 Å². The van der Waals surface area contributed by atoms with Crippen molar-refractivity contribution in [1.82, 2.24) is 25.0 Å². The minimum absolute atomic E-state index is 0.00587. The Labute approximate surface area is 196 Å². The van der Waals surface area contributed by atoms with Crippen LogP contribution in [0.5, 0.6) is 0 Å². The number of carbonyl (C=O) groups is 1. The second-order valence-electron chi connectivity index (χ2n) is 9.10. The van der Waals surface area contributed by atoms with E-state index in [1.807, 2.05) is 4.90 Å². The first-order valence-corrected chi connectivity index (χ1v) is 11.8. The minimum atomic E-state index is -4.48. The Morgan fingerprint density at radius 2 is 1.97 bits per heavy atom. The van der Waals surface area contributed by atoms with E-state index in [9.17, 15) is 18.0 Å². The second-order valence-corrected chi connectivity index (χ2v) is 9.10. The van der Waals surface area contributed by atoms with Crippen molar-refractivity contribution in [1.29, 1.82) is 0 Å². The van der Waals surface area contributed by atoms with E-state index in [4.69, 9.17) is 9.84 Å². The van der Waals surface area contributed by atoms with Gasteiger partial charge in [-0.1, -0.05) is 0 Å². The number of hydrogen-bond donors (Lipinski definition) is 1. The Bertz CT molecular complexity index is 1090.